The molecule has 0 amide bonds. The molecular formula is C18H30Cl2Si2Zr. The smallest absolute Gasteiger partial charge is 1.00 e. The molecule has 0 atom stereocenters. The molecule has 128 valence electrons. The van der Waals surface area contributed by atoms with Gasteiger partial charge >= 0.3 is 138 Å². The van der Waals surface area contributed by atoms with Gasteiger partial charge in [0.25, 0.3) is 0 Å². The van der Waals surface area contributed by atoms with Gasteiger partial charge in [0.1, 0.15) is 0 Å². The third-order valence-electron chi connectivity index (χ3n) is 5.45. The van der Waals surface area contributed by atoms with Crippen LogP contribution in [0.1, 0.15) is 12.8 Å². The van der Waals surface area contributed by atoms with E-state index in [-0.39, 0.29) is 24.8 Å². The van der Waals surface area contributed by atoms with Gasteiger partial charge in [0.15, 0.2) is 0 Å². The van der Waals surface area contributed by atoms with Gasteiger partial charge in [-0.3, -0.25) is 0 Å². The van der Waals surface area contributed by atoms with Crippen LogP contribution in [-0.4, -0.2) is 16.1 Å². The van der Waals surface area contributed by atoms with Gasteiger partial charge in [-0.2, -0.15) is 0 Å². The Morgan fingerprint density at radius 1 is 0.696 bits per heavy atom. The zero-order chi connectivity index (χ0) is 15.5. The summed E-state index contributed by atoms with van der Waals surface area (Å²) in [6, 6.07) is 0. The molecule has 1 heterocycles. The molecule has 2 aliphatic carbocycles. The van der Waals surface area contributed by atoms with Crippen LogP contribution in [0.3, 0.4) is 0 Å². The summed E-state index contributed by atoms with van der Waals surface area (Å²) >= 11 is -2.00. The molecule has 0 saturated carbocycles. The van der Waals surface area contributed by atoms with E-state index < -0.39 is 36.4 Å². The van der Waals surface area contributed by atoms with E-state index in [9.17, 15) is 0 Å². The minimum absolute atomic E-state index is 0. The molecule has 23 heavy (non-hydrogen) atoms. The molecule has 0 aromatic heterocycles. The molecule has 3 rings (SSSR count). The molecule has 1 saturated heterocycles. The van der Waals surface area contributed by atoms with Crippen LogP contribution < -0.4 is 24.8 Å². The quantitative estimate of drug-likeness (QED) is 0.521. The third kappa shape index (κ3) is 4.34. The summed E-state index contributed by atoms with van der Waals surface area (Å²) < 4.78 is 7.09. The Bertz CT molecular complexity index is 547. The average Bonchev–Trinajstić information content (AvgIpc) is 2.82. The first-order chi connectivity index (χ1) is 9.63. The Kier molecular flexibility index (Phi) is 6.89. The van der Waals surface area contributed by atoms with Gasteiger partial charge in [-0.05, 0) is 0 Å². The maximum atomic E-state index is 2.68. The molecule has 0 aromatic rings. The van der Waals surface area contributed by atoms with Crippen LogP contribution in [0.25, 0.3) is 0 Å². The van der Waals surface area contributed by atoms with Crippen LogP contribution in [0.5, 0.6) is 0 Å². The van der Waals surface area contributed by atoms with Crippen molar-refractivity contribution >= 4 is 16.1 Å². The van der Waals surface area contributed by atoms with Crippen molar-refractivity contribution < 1.29 is 45.1 Å². The predicted octanol–water partition coefficient (Wildman–Crippen LogP) is 0.181. The largest absolute Gasteiger partial charge is 1.00 e. The number of halogens is 2. The molecule has 5 heteroatoms. The Morgan fingerprint density at radius 3 is 1.26 bits per heavy atom. The Balaban J connectivity index is 0.00000132. The molecule has 1 aliphatic heterocycles. The monoisotopic (exact) mass is 462 g/mol. The van der Waals surface area contributed by atoms with Crippen molar-refractivity contribution in [1.29, 1.82) is 0 Å². The first-order valence-corrected chi connectivity index (χ1v) is 21.4. The maximum absolute atomic E-state index is 2.68. The van der Waals surface area contributed by atoms with Crippen molar-refractivity contribution in [2.45, 2.75) is 60.4 Å². The van der Waals surface area contributed by atoms with E-state index in [4.69, 9.17) is 0 Å². The summed E-state index contributed by atoms with van der Waals surface area (Å²) in [7, 11) is -2.21. The van der Waals surface area contributed by atoms with E-state index in [0.717, 1.165) is 0 Å². The molecule has 0 spiro atoms. The number of hydrogen-bond donors (Lipinski definition) is 0. The summed E-state index contributed by atoms with van der Waals surface area (Å²) in [5.41, 5.74) is 0. The second-order valence-electron chi connectivity index (χ2n) is 9.15. The van der Waals surface area contributed by atoms with E-state index in [2.05, 4.69) is 63.6 Å². The van der Waals surface area contributed by atoms with Crippen molar-refractivity contribution in [2.24, 2.45) is 0 Å². The maximum Gasteiger partial charge on any atom is -1.00 e. The molecule has 0 aromatic carbocycles. The summed E-state index contributed by atoms with van der Waals surface area (Å²) in [4.78, 5) is 0. The van der Waals surface area contributed by atoms with Crippen LogP contribution in [0.15, 0.2) is 41.3 Å². The van der Waals surface area contributed by atoms with Gasteiger partial charge in [-0.1, -0.05) is 0 Å². The van der Waals surface area contributed by atoms with Crippen LogP contribution in [-0.2, 0) is 20.3 Å². The zero-order valence-electron chi connectivity index (χ0n) is 15.4. The third-order valence-corrected chi connectivity index (χ3v) is 21.1. The van der Waals surface area contributed by atoms with Crippen LogP contribution >= 0.6 is 0 Å². The predicted molar refractivity (Wildman–Crippen MR) is 97.9 cm³/mol. The van der Waals surface area contributed by atoms with Gasteiger partial charge in [0.05, 0.1) is 0 Å². The van der Waals surface area contributed by atoms with E-state index in [1.807, 2.05) is 6.56 Å². The average molecular weight is 465 g/mol. The SMILES string of the molecule is C[Si](C)(C)C1=CC[C]([Zr+2]2([C]3=CC([Si](C)(C)C)=CC3)[CH2][CH2]2)=C1.[Cl-].[Cl-]. The Morgan fingerprint density at radius 2 is 1.04 bits per heavy atom. The minimum atomic E-state index is -2.00. The summed E-state index contributed by atoms with van der Waals surface area (Å²) in [5, 5.41) is 3.47. The number of allylic oxidation sites excluding steroid dienone is 8. The first kappa shape index (κ1) is 21.9. The van der Waals surface area contributed by atoms with E-state index in [1.165, 1.54) is 12.8 Å². The molecular weight excluding hydrogens is 435 g/mol. The van der Waals surface area contributed by atoms with E-state index in [1.54, 1.807) is 18.7 Å². The molecule has 0 nitrogen and oxygen atoms in total. The van der Waals surface area contributed by atoms with Crippen molar-refractivity contribution in [3.05, 3.63) is 41.3 Å². The number of hydrogen-bond acceptors (Lipinski definition) is 0. The minimum Gasteiger partial charge on any atom is -1.00 e. The molecule has 0 radical (unpaired) electrons. The van der Waals surface area contributed by atoms with Crippen molar-refractivity contribution in [1.82, 2.24) is 0 Å². The fraction of sp³-hybridized carbons (Fsp3) is 0.556. The summed E-state index contributed by atoms with van der Waals surface area (Å²) in [6.45, 7) is 15.0. The molecule has 3 aliphatic rings. The fourth-order valence-electron chi connectivity index (χ4n) is 3.74. The van der Waals surface area contributed by atoms with Gasteiger partial charge in [-0.25, -0.2) is 0 Å². The van der Waals surface area contributed by atoms with Crippen molar-refractivity contribution in [3.8, 4) is 0 Å². The Labute approximate surface area is 161 Å². The molecule has 0 N–H and O–H groups in total. The van der Waals surface area contributed by atoms with E-state index >= 15 is 0 Å². The Hall–Kier alpha value is 0.857. The fourth-order valence-corrected chi connectivity index (χ4v) is 20.1. The zero-order valence-corrected chi connectivity index (χ0v) is 21.4. The summed E-state index contributed by atoms with van der Waals surface area (Å²) in [6.07, 6.45) is 13.2. The first-order valence-electron chi connectivity index (χ1n) is 8.46. The van der Waals surface area contributed by atoms with Crippen molar-refractivity contribution in [3.63, 3.8) is 0 Å². The summed E-state index contributed by atoms with van der Waals surface area (Å²) in [5.74, 6) is 0. The molecule has 0 bridgehead atoms. The van der Waals surface area contributed by atoms with Gasteiger partial charge in [-0.15, -0.1) is 0 Å². The second kappa shape index (κ2) is 7.23. The van der Waals surface area contributed by atoms with Crippen LogP contribution in [0, 0.1) is 0 Å². The number of rotatable bonds is 4. The standard InChI is InChI=1S/2C8H13Si.C2H4.2ClH.Zr/c2*1-9(2,3)8-6-4-5-7-8;1-2;;;/h2*6-7H,4H2,1-3H3;1-2H2;2*1H;/q;;;;;+2/p-2. The van der Waals surface area contributed by atoms with Gasteiger partial charge in [0.2, 0.25) is 0 Å². The second-order valence-corrected chi connectivity index (χ2v) is 30.2. The normalized spacial score (nSPS) is 21.0. The van der Waals surface area contributed by atoms with Crippen molar-refractivity contribution in [2.75, 3.05) is 0 Å². The van der Waals surface area contributed by atoms with Gasteiger partial charge < -0.3 is 24.8 Å². The van der Waals surface area contributed by atoms with Crippen LogP contribution in [0.4, 0.5) is 0 Å². The topological polar surface area (TPSA) is 0 Å². The molecule has 0 unspecified atom stereocenters. The molecule has 1 fully saturated rings. The van der Waals surface area contributed by atoms with E-state index in [0.29, 0.717) is 0 Å². The van der Waals surface area contributed by atoms with Gasteiger partial charge in [0, 0.05) is 0 Å². The van der Waals surface area contributed by atoms with Crippen LogP contribution in [0.2, 0.25) is 47.5 Å².